The number of H-pyrrole nitrogens is 1. The van der Waals surface area contributed by atoms with Crippen LogP contribution >= 0.6 is 0 Å². The monoisotopic (exact) mass is 646 g/mol. The normalized spacial score (nSPS) is 27.3. The molecule has 7 unspecified atom stereocenters. The van der Waals surface area contributed by atoms with Crippen molar-refractivity contribution in [1.29, 1.82) is 0 Å². The van der Waals surface area contributed by atoms with Crippen LogP contribution in [-0.4, -0.2) is 77.1 Å². The lowest BCUT2D eigenvalue weighted by atomic mass is 9.95. The molecule has 2 heterocycles. The topological polar surface area (TPSA) is 150 Å². The number of para-hydroxylation sites is 1. The average molecular weight is 647 g/mol. The molecule has 0 spiro atoms. The second-order valence-electron chi connectivity index (χ2n) is 12.6. The number of aromatic nitrogens is 1. The Balaban J connectivity index is 1.78. The highest BCUT2D eigenvalue weighted by Crippen LogP contribution is 2.26. The minimum Gasteiger partial charge on any atom is -0.508 e. The van der Waals surface area contributed by atoms with E-state index in [9.17, 15) is 24.3 Å². The number of esters is 1. The third-order valence-electron chi connectivity index (χ3n) is 8.85. The molecule has 47 heavy (non-hydrogen) atoms. The number of carbonyl (C=O) groups excluding carboxylic acids is 4. The van der Waals surface area contributed by atoms with Gasteiger partial charge in [-0.3, -0.25) is 14.4 Å². The van der Waals surface area contributed by atoms with E-state index in [0.29, 0.717) is 17.7 Å². The SMILES string of the molecule is COC1C(=O)OC(C)C(C)C=C(C)CC(C)C(=O)NC(C)C(=O)N(C)C(Cc2cc3ccccc3[nH]2)C(=O)NC1c1ccc(O)cc1. The number of nitrogens with one attached hydrogen (secondary N) is 3. The quantitative estimate of drug-likeness (QED) is 0.246. The molecular formula is C36H46N4O7. The van der Waals surface area contributed by atoms with Gasteiger partial charge in [-0.15, -0.1) is 0 Å². The maximum atomic E-state index is 14.3. The van der Waals surface area contributed by atoms with Crippen molar-refractivity contribution in [1.82, 2.24) is 20.5 Å². The summed E-state index contributed by atoms with van der Waals surface area (Å²) >= 11 is 0. The summed E-state index contributed by atoms with van der Waals surface area (Å²) in [5.74, 6) is -2.59. The predicted octanol–water partition coefficient (Wildman–Crippen LogP) is 4.17. The van der Waals surface area contributed by atoms with Gasteiger partial charge < -0.3 is 35.1 Å². The van der Waals surface area contributed by atoms with Crippen LogP contribution in [0.15, 0.2) is 66.2 Å². The Hall–Kier alpha value is -4.64. The van der Waals surface area contributed by atoms with Crippen molar-refractivity contribution >= 4 is 34.6 Å². The minimum atomic E-state index is -1.25. The van der Waals surface area contributed by atoms with Gasteiger partial charge in [-0.2, -0.15) is 0 Å². The van der Waals surface area contributed by atoms with Gasteiger partial charge in [-0.05, 0) is 62.4 Å². The second kappa shape index (κ2) is 15.3. The van der Waals surface area contributed by atoms with Gasteiger partial charge in [0.15, 0.2) is 6.10 Å². The molecule has 1 aromatic heterocycles. The molecule has 0 saturated carbocycles. The summed E-state index contributed by atoms with van der Waals surface area (Å²) in [6, 6.07) is 12.7. The zero-order chi connectivity index (χ0) is 34.4. The van der Waals surface area contributed by atoms with Crippen molar-refractivity contribution in [3.8, 4) is 5.75 Å². The molecule has 3 aromatic rings. The first-order valence-electron chi connectivity index (χ1n) is 15.9. The molecule has 252 valence electrons. The van der Waals surface area contributed by atoms with Gasteiger partial charge in [0.1, 0.15) is 23.9 Å². The summed E-state index contributed by atoms with van der Waals surface area (Å²) in [5.41, 5.74) is 3.02. The van der Waals surface area contributed by atoms with Gasteiger partial charge >= 0.3 is 5.97 Å². The fourth-order valence-electron chi connectivity index (χ4n) is 5.95. The molecule has 1 aliphatic rings. The molecular weight excluding hydrogens is 600 g/mol. The molecule has 11 heteroatoms. The third-order valence-corrected chi connectivity index (χ3v) is 8.85. The zero-order valence-corrected chi connectivity index (χ0v) is 28.1. The number of methoxy groups -OCH3 is 1. The largest absolute Gasteiger partial charge is 0.508 e. The van der Waals surface area contributed by atoms with Gasteiger partial charge in [-0.1, -0.05) is 55.8 Å². The number of rotatable bonds is 4. The van der Waals surface area contributed by atoms with Gasteiger partial charge in [0.05, 0.1) is 6.04 Å². The lowest BCUT2D eigenvalue weighted by Gasteiger charge is -2.33. The number of aromatic amines is 1. The Kier molecular flexibility index (Phi) is 11.5. The van der Waals surface area contributed by atoms with E-state index in [-0.39, 0.29) is 24.0 Å². The molecule has 0 aliphatic carbocycles. The van der Waals surface area contributed by atoms with Crippen molar-refractivity contribution in [3.63, 3.8) is 0 Å². The summed E-state index contributed by atoms with van der Waals surface area (Å²) in [4.78, 5) is 59.6. The first-order chi connectivity index (χ1) is 22.3. The Bertz CT molecular complexity index is 1580. The number of cyclic esters (lactones) is 1. The highest BCUT2D eigenvalue weighted by molar-refractivity contribution is 5.93. The summed E-state index contributed by atoms with van der Waals surface area (Å²) in [7, 11) is 2.88. The van der Waals surface area contributed by atoms with Crippen LogP contribution in [0.25, 0.3) is 10.9 Å². The molecule has 0 bridgehead atoms. The lowest BCUT2D eigenvalue weighted by Crippen LogP contribution is -2.56. The van der Waals surface area contributed by atoms with E-state index in [1.54, 1.807) is 32.9 Å². The fraction of sp³-hybridized carbons (Fsp3) is 0.444. The van der Waals surface area contributed by atoms with E-state index in [1.807, 2.05) is 50.3 Å². The van der Waals surface area contributed by atoms with Crippen LogP contribution in [0.3, 0.4) is 0 Å². The number of carbonyl (C=O) groups is 4. The first kappa shape index (κ1) is 35.2. The van der Waals surface area contributed by atoms with Crippen LogP contribution in [-0.2, 0) is 35.1 Å². The number of hydrogen-bond acceptors (Lipinski definition) is 7. The Morgan fingerprint density at radius 1 is 0.957 bits per heavy atom. The van der Waals surface area contributed by atoms with E-state index in [0.717, 1.165) is 16.5 Å². The summed E-state index contributed by atoms with van der Waals surface area (Å²) < 4.78 is 11.5. The number of phenolic OH excluding ortho intramolecular Hbond substituents is 1. The highest BCUT2D eigenvalue weighted by atomic mass is 16.6. The molecule has 7 atom stereocenters. The van der Waals surface area contributed by atoms with Crippen LogP contribution in [0, 0.1) is 11.8 Å². The number of hydrogen-bond donors (Lipinski definition) is 4. The molecule has 4 rings (SSSR count). The maximum absolute atomic E-state index is 14.3. The standard InChI is InChI=1S/C36H46N4O7/c1-20-16-21(2)24(5)47-36(45)32(46-7)31(25-12-14-28(41)15-13-25)39-34(43)30(19-27-18-26-10-8-9-11-29(26)38-27)40(6)35(44)23(4)37-33(42)22(3)17-20/h8-16,18,21-24,30-32,38,41H,17,19H2,1-7H3,(H,37,42)(H,39,43). The number of nitrogens with zero attached hydrogens (tertiary/aromatic N) is 1. The molecule has 11 nitrogen and oxygen atoms in total. The molecule has 0 radical (unpaired) electrons. The van der Waals surface area contributed by atoms with Crippen molar-refractivity contribution in [2.24, 2.45) is 11.8 Å². The number of aromatic hydroxyl groups is 1. The molecule has 1 aliphatic heterocycles. The van der Waals surface area contributed by atoms with E-state index >= 15 is 0 Å². The van der Waals surface area contributed by atoms with Crippen LogP contribution in [0.5, 0.6) is 5.75 Å². The van der Waals surface area contributed by atoms with Crippen molar-refractivity contribution < 1.29 is 33.8 Å². The number of fused-ring (bicyclic) bond motifs is 1. The molecule has 0 fully saturated rings. The van der Waals surface area contributed by atoms with Crippen molar-refractivity contribution in [3.05, 3.63) is 77.5 Å². The second-order valence-corrected chi connectivity index (χ2v) is 12.6. The van der Waals surface area contributed by atoms with Crippen LogP contribution in [0.2, 0.25) is 0 Å². The van der Waals surface area contributed by atoms with Crippen LogP contribution < -0.4 is 10.6 Å². The number of amides is 3. The fourth-order valence-corrected chi connectivity index (χ4v) is 5.95. The first-order valence-corrected chi connectivity index (χ1v) is 15.9. The average Bonchev–Trinajstić information content (AvgIpc) is 3.45. The Morgan fingerprint density at radius 3 is 2.30 bits per heavy atom. The van der Waals surface area contributed by atoms with Crippen LogP contribution in [0.4, 0.5) is 0 Å². The number of phenols is 1. The predicted molar refractivity (Wildman–Crippen MR) is 178 cm³/mol. The van der Waals surface area contributed by atoms with Crippen molar-refractivity contribution in [2.45, 2.75) is 77.8 Å². The third kappa shape index (κ3) is 8.59. The molecule has 4 N–H and O–H groups in total. The number of allylic oxidation sites excluding steroid dienone is 1. The van der Waals surface area contributed by atoms with Gasteiger partial charge in [-0.25, -0.2) is 4.79 Å². The number of ether oxygens (including phenoxy) is 2. The van der Waals surface area contributed by atoms with Crippen LogP contribution in [0.1, 0.15) is 58.3 Å². The molecule has 2 aromatic carbocycles. The Labute approximate surface area is 275 Å². The number of benzene rings is 2. The number of likely N-dealkylation sites (N-methyl/N-ethyl adjacent to an activating group) is 1. The summed E-state index contributed by atoms with van der Waals surface area (Å²) in [6.07, 6.45) is 0.719. The lowest BCUT2D eigenvalue weighted by molar-refractivity contribution is -0.164. The zero-order valence-electron chi connectivity index (χ0n) is 28.1. The van der Waals surface area contributed by atoms with E-state index in [1.165, 1.54) is 31.2 Å². The van der Waals surface area contributed by atoms with E-state index < -0.39 is 54.0 Å². The summed E-state index contributed by atoms with van der Waals surface area (Å²) in [5, 5.41) is 16.7. The maximum Gasteiger partial charge on any atom is 0.338 e. The van der Waals surface area contributed by atoms with Gasteiger partial charge in [0.25, 0.3) is 0 Å². The summed E-state index contributed by atoms with van der Waals surface area (Å²) in [6.45, 7) is 9.00. The molecule has 0 saturated heterocycles. The van der Waals surface area contributed by atoms with E-state index in [4.69, 9.17) is 9.47 Å². The van der Waals surface area contributed by atoms with Crippen molar-refractivity contribution in [2.75, 3.05) is 14.2 Å². The highest BCUT2D eigenvalue weighted by Gasteiger charge is 2.38. The molecule has 3 amide bonds. The van der Waals surface area contributed by atoms with Gasteiger partial charge in [0.2, 0.25) is 17.7 Å². The minimum absolute atomic E-state index is 0.00813. The smallest absolute Gasteiger partial charge is 0.338 e. The van der Waals surface area contributed by atoms with Gasteiger partial charge in [0, 0.05) is 43.6 Å². The van der Waals surface area contributed by atoms with E-state index in [2.05, 4.69) is 15.6 Å². The Morgan fingerprint density at radius 2 is 1.64 bits per heavy atom.